The second kappa shape index (κ2) is 9.91. The molecule has 1 aliphatic rings. The molecule has 0 aliphatic carbocycles. The van der Waals surface area contributed by atoms with Crippen molar-refractivity contribution in [3.63, 3.8) is 0 Å². The number of nitrogens with zero attached hydrogens (tertiary/aromatic N) is 1. The Kier molecular flexibility index (Phi) is 8.59. The summed E-state index contributed by atoms with van der Waals surface area (Å²) in [6, 6.07) is 9.05. The molecule has 23 heavy (non-hydrogen) atoms. The van der Waals surface area contributed by atoms with Gasteiger partial charge >= 0.3 is 0 Å². The van der Waals surface area contributed by atoms with Crippen LogP contribution in [0.25, 0.3) is 0 Å². The monoisotopic (exact) mass is 339 g/mol. The summed E-state index contributed by atoms with van der Waals surface area (Å²) in [6.45, 7) is 6.70. The summed E-state index contributed by atoms with van der Waals surface area (Å²) in [6.07, 6.45) is 3.26. The van der Waals surface area contributed by atoms with Gasteiger partial charge in [-0.2, -0.15) is 0 Å². The third-order valence-corrected chi connectivity index (χ3v) is 4.48. The first-order valence-electron chi connectivity index (χ1n) is 8.32. The zero-order chi connectivity index (χ0) is 15.9. The average molecular weight is 340 g/mol. The number of hydrogen-bond acceptors (Lipinski definition) is 3. The van der Waals surface area contributed by atoms with Crippen LogP contribution in [-0.4, -0.2) is 49.6 Å². The topological polar surface area (TPSA) is 44.4 Å². The van der Waals surface area contributed by atoms with Gasteiger partial charge in [-0.1, -0.05) is 24.3 Å². The highest BCUT2D eigenvalue weighted by Crippen LogP contribution is 2.11. The highest BCUT2D eigenvalue weighted by Gasteiger charge is 2.20. The first kappa shape index (κ1) is 19.9. The van der Waals surface area contributed by atoms with Crippen molar-refractivity contribution in [3.8, 4) is 0 Å². The molecule has 0 radical (unpaired) electrons. The fourth-order valence-corrected chi connectivity index (χ4v) is 3.18. The fourth-order valence-electron chi connectivity index (χ4n) is 3.18. The maximum absolute atomic E-state index is 12.2. The van der Waals surface area contributed by atoms with Crippen molar-refractivity contribution in [2.75, 3.05) is 26.7 Å². The minimum Gasteiger partial charge on any atom is -0.352 e. The number of halogens is 1. The lowest BCUT2D eigenvalue weighted by molar-refractivity contribution is -0.123. The van der Waals surface area contributed by atoms with Crippen molar-refractivity contribution >= 4 is 18.3 Å². The van der Waals surface area contributed by atoms with Gasteiger partial charge in [0.25, 0.3) is 0 Å². The van der Waals surface area contributed by atoms with E-state index < -0.39 is 0 Å². The smallest absolute Gasteiger partial charge is 0.234 e. The minimum absolute atomic E-state index is 0. The Labute approximate surface area is 146 Å². The average Bonchev–Trinajstić information content (AvgIpc) is 2.49. The van der Waals surface area contributed by atoms with Crippen molar-refractivity contribution < 1.29 is 4.79 Å². The van der Waals surface area contributed by atoms with Crippen LogP contribution >= 0.6 is 12.4 Å². The van der Waals surface area contributed by atoms with Crippen LogP contribution < -0.4 is 10.6 Å². The second-order valence-corrected chi connectivity index (χ2v) is 6.46. The lowest BCUT2D eigenvalue weighted by atomic mass is 10.0. The summed E-state index contributed by atoms with van der Waals surface area (Å²) < 4.78 is 0. The minimum atomic E-state index is 0. The Morgan fingerprint density at radius 3 is 2.83 bits per heavy atom. The normalized spacial score (nSPS) is 19.7. The predicted molar refractivity (Wildman–Crippen MR) is 98.3 cm³/mol. The molecule has 0 aromatic heterocycles. The second-order valence-electron chi connectivity index (χ2n) is 6.46. The van der Waals surface area contributed by atoms with Crippen LogP contribution in [-0.2, 0) is 11.2 Å². The van der Waals surface area contributed by atoms with E-state index in [-0.39, 0.29) is 24.4 Å². The van der Waals surface area contributed by atoms with E-state index in [9.17, 15) is 4.79 Å². The molecule has 1 aromatic rings. The summed E-state index contributed by atoms with van der Waals surface area (Å²) in [4.78, 5) is 14.5. The van der Waals surface area contributed by atoms with Crippen LogP contribution in [0.2, 0.25) is 0 Å². The third-order valence-electron chi connectivity index (χ3n) is 4.48. The predicted octanol–water partition coefficient (Wildman–Crippen LogP) is 2.15. The number of carbonyl (C=O) groups is 1. The largest absolute Gasteiger partial charge is 0.352 e. The molecule has 2 N–H and O–H groups in total. The molecule has 1 heterocycles. The Morgan fingerprint density at radius 1 is 1.39 bits per heavy atom. The number of carbonyl (C=O) groups excluding carboxylic acids is 1. The van der Waals surface area contributed by atoms with Crippen LogP contribution in [0.5, 0.6) is 0 Å². The summed E-state index contributed by atoms with van der Waals surface area (Å²) in [5, 5.41) is 6.45. The molecule has 0 spiro atoms. The molecule has 1 aromatic carbocycles. The van der Waals surface area contributed by atoms with Gasteiger partial charge in [-0.05, 0) is 57.8 Å². The van der Waals surface area contributed by atoms with E-state index in [0.29, 0.717) is 12.6 Å². The summed E-state index contributed by atoms with van der Waals surface area (Å²) in [5.41, 5.74) is 2.60. The molecule has 1 fully saturated rings. The number of nitrogens with one attached hydrogen (secondary N) is 2. The van der Waals surface area contributed by atoms with E-state index in [1.54, 1.807) is 0 Å². The SMILES string of the molecule is CNC1CCCN(CC(=O)NC(C)Cc2ccccc2C)C1.Cl. The highest BCUT2D eigenvalue weighted by molar-refractivity contribution is 5.85. The zero-order valence-electron chi connectivity index (χ0n) is 14.5. The number of likely N-dealkylation sites (tertiary alicyclic amines) is 1. The number of benzene rings is 1. The molecular formula is C18H30ClN3O. The number of amides is 1. The maximum atomic E-state index is 12.2. The number of hydrogen-bond donors (Lipinski definition) is 2. The number of rotatable bonds is 6. The van der Waals surface area contributed by atoms with E-state index >= 15 is 0 Å². The first-order chi connectivity index (χ1) is 10.6. The van der Waals surface area contributed by atoms with E-state index in [1.165, 1.54) is 17.5 Å². The van der Waals surface area contributed by atoms with Crippen LogP contribution in [0.15, 0.2) is 24.3 Å². The van der Waals surface area contributed by atoms with E-state index in [1.807, 2.05) is 7.05 Å². The van der Waals surface area contributed by atoms with Gasteiger partial charge in [0.15, 0.2) is 0 Å². The van der Waals surface area contributed by atoms with Crippen LogP contribution in [0, 0.1) is 6.92 Å². The van der Waals surface area contributed by atoms with Crippen molar-refractivity contribution in [3.05, 3.63) is 35.4 Å². The Morgan fingerprint density at radius 2 is 2.13 bits per heavy atom. The Bertz CT molecular complexity index is 495. The molecule has 130 valence electrons. The number of aryl methyl sites for hydroxylation is 1. The molecule has 2 unspecified atom stereocenters. The van der Waals surface area contributed by atoms with E-state index in [2.05, 4.69) is 53.6 Å². The molecular weight excluding hydrogens is 310 g/mol. The fraction of sp³-hybridized carbons (Fsp3) is 0.611. The summed E-state index contributed by atoms with van der Waals surface area (Å²) in [5.74, 6) is 0.137. The molecule has 2 rings (SSSR count). The molecule has 5 heteroatoms. The molecule has 1 aliphatic heterocycles. The molecule has 0 bridgehead atoms. The van der Waals surface area contributed by atoms with E-state index in [0.717, 1.165) is 25.9 Å². The molecule has 4 nitrogen and oxygen atoms in total. The molecule has 2 atom stereocenters. The Balaban J connectivity index is 0.00000264. The van der Waals surface area contributed by atoms with Crippen LogP contribution in [0.1, 0.15) is 30.9 Å². The van der Waals surface area contributed by atoms with E-state index in [4.69, 9.17) is 0 Å². The Hall–Kier alpha value is -1.10. The van der Waals surface area contributed by atoms with Gasteiger partial charge in [0.2, 0.25) is 5.91 Å². The van der Waals surface area contributed by atoms with Crippen LogP contribution in [0.4, 0.5) is 0 Å². The number of piperidine rings is 1. The van der Waals surface area contributed by atoms with Gasteiger partial charge in [0.05, 0.1) is 6.54 Å². The highest BCUT2D eigenvalue weighted by atomic mass is 35.5. The molecule has 1 amide bonds. The summed E-state index contributed by atoms with van der Waals surface area (Å²) in [7, 11) is 2.00. The third kappa shape index (κ3) is 6.50. The maximum Gasteiger partial charge on any atom is 0.234 e. The van der Waals surface area contributed by atoms with Gasteiger partial charge < -0.3 is 10.6 Å². The van der Waals surface area contributed by atoms with Gasteiger partial charge in [-0.25, -0.2) is 0 Å². The first-order valence-corrected chi connectivity index (χ1v) is 8.32. The van der Waals surface area contributed by atoms with Crippen LogP contribution in [0.3, 0.4) is 0 Å². The van der Waals surface area contributed by atoms with Crippen molar-refractivity contribution in [1.29, 1.82) is 0 Å². The molecule has 1 saturated heterocycles. The quantitative estimate of drug-likeness (QED) is 0.834. The number of likely N-dealkylation sites (N-methyl/N-ethyl adjacent to an activating group) is 1. The lowest BCUT2D eigenvalue weighted by Crippen LogP contribution is -2.49. The zero-order valence-corrected chi connectivity index (χ0v) is 15.3. The van der Waals surface area contributed by atoms with Crippen molar-refractivity contribution in [1.82, 2.24) is 15.5 Å². The van der Waals surface area contributed by atoms with Gasteiger partial charge in [-0.15, -0.1) is 12.4 Å². The molecule has 0 saturated carbocycles. The standard InChI is InChI=1S/C18H29N3O.ClH/c1-14-7-4-5-8-16(14)11-15(2)20-18(22)13-21-10-6-9-17(12-21)19-3;/h4-5,7-8,15,17,19H,6,9-13H2,1-3H3,(H,20,22);1H. The van der Waals surface area contributed by atoms with Gasteiger partial charge in [0.1, 0.15) is 0 Å². The van der Waals surface area contributed by atoms with Gasteiger partial charge in [0, 0.05) is 18.6 Å². The van der Waals surface area contributed by atoms with Crippen molar-refractivity contribution in [2.45, 2.75) is 45.2 Å². The summed E-state index contributed by atoms with van der Waals surface area (Å²) >= 11 is 0. The van der Waals surface area contributed by atoms with Crippen molar-refractivity contribution in [2.24, 2.45) is 0 Å². The van der Waals surface area contributed by atoms with Gasteiger partial charge in [-0.3, -0.25) is 9.69 Å². The lowest BCUT2D eigenvalue weighted by Gasteiger charge is -2.32.